The van der Waals surface area contributed by atoms with Crippen LogP contribution < -0.4 is 0 Å². The molecule has 0 amide bonds. The third-order valence-electron chi connectivity index (χ3n) is 1.76. The minimum Gasteiger partial charge on any atom is -0.294 e. The lowest BCUT2D eigenvalue weighted by Gasteiger charge is -2.03. The van der Waals surface area contributed by atoms with Gasteiger partial charge in [-0.1, -0.05) is 31.9 Å². The summed E-state index contributed by atoms with van der Waals surface area (Å²) in [5, 5.41) is 1.51. The van der Waals surface area contributed by atoms with E-state index in [4.69, 9.17) is 0 Å². The van der Waals surface area contributed by atoms with Crippen molar-refractivity contribution >= 4 is 60.2 Å². The lowest BCUT2D eigenvalue weighted by molar-refractivity contribution is 0.0989. The predicted octanol–water partition coefficient (Wildman–Crippen LogP) is 4.15. The first-order valence-corrected chi connectivity index (χ1v) is 7.44. The molecular weight excluding hydrogens is 423 g/mol. The molecule has 1 nitrogen and oxygen atoms in total. The van der Waals surface area contributed by atoms with Gasteiger partial charge in [-0.3, -0.25) is 4.79 Å². The Hall–Kier alpha value is 0.580. The van der Waals surface area contributed by atoms with Crippen molar-refractivity contribution in [2.24, 2.45) is 0 Å². The average Bonchev–Trinajstić information content (AvgIpc) is 2.17. The Kier molecular flexibility index (Phi) is 5.62. The molecule has 0 N–H and O–H groups in total. The van der Waals surface area contributed by atoms with Crippen LogP contribution in [0.5, 0.6) is 0 Å². The molecule has 0 saturated carbocycles. The zero-order valence-corrected chi connectivity index (χ0v) is 12.7. The molecule has 0 saturated heterocycles. The topological polar surface area (TPSA) is 17.1 Å². The van der Waals surface area contributed by atoms with Gasteiger partial charge in [0.05, 0.1) is 0 Å². The smallest absolute Gasteiger partial charge is 0.163 e. The highest BCUT2D eigenvalue weighted by atomic mass is 127. The molecule has 0 fully saturated rings. The first-order chi connectivity index (χ1) is 6.67. The summed E-state index contributed by atoms with van der Waals surface area (Å²) in [5.41, 5.74) is 1.96. The Balaban J connectivity index is 2.96. The molecule has 0 aromatic heterocycles. The van der Waals surface area contributed by atoms with Crippen molar-refractivity contribution in [3.8, 4) is 0 Å². The monoisotopic (exact) mass is 430 g/mol. The normalized spacial score (nSPS) is 10.2. The molecule has 0 atom stereocenters. The van der Waals surface area contributed by atoms with Crippen LogP contribution in [0.1, 0.15) is 22.3 Å². The first-order valence-electron chi connectivity index (χ1n) is 4.12. The summed E-state index contributed by atoms with van der Waals surface area (Å²) in [5.74, 6) is 0.197. The van der Waals surface area contributed by atoms with E-state index in [1.807, 2.05) is 12.1 Å². The van der Waals surface area contributed by atoms with Crippen LogP contribution in [-0.2, 0) is 5.33 Å². The fourth-order valence-electron chi connectivity index (χ4n) is 1.12. The third kappa shape index (κ3) is 3.62. The van der Waals surface area contributed by atoms with Gasteiger partial charge in [0, 0.05) is 26.2 Å². The standard InChI is InChI=1S/C10H9Br2IO/c11-2-1-10(14)8-3-7(6-12)4-9(13)5-8/h3-5H,1-2,6H2. The van der Waals surface area contributed by atoms with Crippen LogP contribution >= 0.6 is 54.5 Å². The van der Waals surface area contributed by atoms with Crippen molar-refractivity contribution in [1.29, 1.82) is 0 Å². The van der Waals surface area contributed by atoms with E-state index in [2.05, 4.69) is 60.5 Å². The molecule has 0 heterocycles. The fourth-order valence-corrected chi connectivity index (χ4v) is 2.54. The Labute approximate surface area is 114 Å². The second-order valence-corrected chi connectivity index (χ2v) is 5.44. The highest BCUT2D eigenvalue weighted by Gasteiger charge is 2.06. The maximum atomic E-state index is 11.6. The Morgan fingerprint density at radius 2 is 2.00 bits per heavy atom. The zero-order chi connectivity index (χ0) is 10.6. The van der Waals surface area contributed by atoms with Gasteiger partial charge in [-0.2, -0.15) is 0 Å². The SMILES string of the molecule is O=C(CCBr)c1cc(I)cc(CBr)c1. The summed E-state index contributed by atoms with van der Waals surface area (Å²) in [6.45, 7) is 0. The highest BCUT2D eigenvalue weighted by Crippen LogP contribution is 2.16. The van der Waals surface area contributed by atoms with Gasteiger partial charge in [0.1, 0.15) is 0 Å². The quantitative estimate of drug-likeness (QED) is 0.397. The highest BCUT2D eigenvalue weighted by molar-refractivity contribution is 14.1. The summed E-state index contributed by atoms with van der Waals surface area (Å²) >= 11 is 8.89. The van der Waals surface area contributed by atoms with Crippen LogP contribution in [0.3, 0.4) is 0 Å². The van der Waals surface area contributed by atoms with E-state index in [0.29, 0.717) is 6.42 Å². The number of hydrogen-bond acceptors (Lipinski definition) is 1. The minimum absolute atomic E-state index is 0.197. The Bertz CT molecular complexity index is 339. The number of alkyl halides is 2. The molecule has 1 rings (SSSR count). The van der Waals surface area contributed by atoms with Gasteiger partial charge in [-0.05, 0) is 46.4 Å². The molecule has 0 spiro atoms. The number of rotatable bonds is 4. The van der Waals surface area contributed by atoms with Crippen LogP contribution in [0.2, 0.25) is 0 Å². The summed E-state index contributed by atoms with van der Waals surface area (Å²) in [6, 6.07) is 5.94. The number of Topliss-reactive ketones (excluding diaryl/α,β-unsaturated/α-hetero) is 1. The Morgan fingerprint density at radius 1 is 1.29 bits per heavy atom. The van der Waals surface area contributed by atoms with E-state index >= 15 is 0 Å². The Morgan fingerprint density at radius 3 is 2.57 bits per heavy atom. The number of carbonyl (C=O) groups is 1. The maximum Gasteiger partial charge on any atom is 0.163 e. The van der Waals surface area contributed by atoms with Gasteiger partial charge in [0.2, 0.25) is 0 Å². The van der Waals surface area contributed by atoms with Gasteiger partial charge in [0.25, 0.3) is 0 Å². The number of carbonyl (C=O) groups excluding carboxylic acids is 1. The number of benzene rings is 1. The summed E-state index contributed by atoms with van der Waals surface area (Å²) in [7, 11) is 0. The fraction of sp³-hybridized carbons (Fsp3) is 0.300. The second-order valence-electron chi connectivity index (χ2n) is 2.84. The number of halogens is 3. The van der Waals surface area contributed by atoms with Gasteiger partial charge in [-0.25, -0.2) is 0 Å². The maximum absolute atomic E-state index is 11.6. The van der Waals surface area contributed by atoms with Gasteiger partial charge >= 0.3 is 0 Å². The van der Waals surface area contributed by atoms with E-state index in [0.717, 1.165) is 25.4 Å². The molecule has 4 heteroatoms. The molecule has 0 aliphatic rings. The first kappa shape index (κ1) is 12.6. The van der Waals surface area contributed by atoms with Crippen molar-refractivity contribution in [2.75, 3.05) is 5.33 Å². The van der Waals surface area contributed by atoms with E-state index < -0.39 is 0 Å². The molecule has 0 radical (unpaired) electrons. The van der Waals surface area contributed by atoms with E-state index in [-0.39, 0.29) is 5.78 Å². The van der Waals surface area contributed by atoms with Crippen molar-refractivity contribution < 1.29 is 4.79 Å². The van der Waals surface area contributed by atoms with Crippen molar-refractivity contribution in [3.05, 3.63) is 32.9 Å². The van der Waals surface area contributed by atoms with Crippen LogP contribution in [0, 0.1) is 3.57 Å². The lowest BCUT2D eigenvalue weighted by atomic mass is 10.1. The predicted molar refractivity (Wildman–Crippen MR) is 74.5 cm³/mol. The summed E-state index contributed by atoms with van der Waals surface area (Å²) < 4.78 is 1.11. The molecule has 14 heavy (non-hydrogen) atoms. The molecule has 0 unspecified atom stereocenters. The van der Waals surface area contributed by atoms with Gasteiger partial charge in [0.15, 0.2) is 5.78 Å². The zero-order valence-electron chi connectivity index (χ0n) is 7.40. The second kappa shape index (κ2) is 6.23. The minimum atomic E-state index is 0.197. The molecule has 0 aliphatic carbocycles. The van der Waals surface area contributed by atoms with E-state index in [1.54, 1.807) is 0 Å². The molecular formula is C10H9Br2IO. The number of hydrogen-bond donors (Lipinski definition) is 0. The molecule has 1 aromatic carbocycles. The van der Waals surface area contributed by atoms with Crippen LogP contribution in [0.25, 0.3) is 0 Å². The van der Waals surface area contributed by atoms with Crippen molar-refractivity contribution in [1.82, 2.24) is 0 Å². The van der Waals surface area contributed by atoms with Crippen LogP contribution in [0.4, 0.5) is 0 Å². The van der Waals surface area contributed by atoms with Gasteiger partial charge in [-0.15, -0.1) is 0 Å². The van der Waals surface area contributed by atoms with Crippen LogP contribution in [0.15, 0.2) is 18.2 Å². The largest absolute Gasteiger partial charge is 0.294 e. The molecule has 0 bridgehead atoms. The van der Waals surface area contributed by atoms with Crippen LogP contribution in [-0.4, -0.2) is 11.1 Å². The average molecular weight is 432 g/mol. The summed E-state index contributed by atoms with van der Waals surface area (Å²) in [6.07, 6.45) is 0.557. The van der Waals surface area contributed by atoms with E-state index in [9.17, 15) is 4.79 Å². The van der Waals surface area contributed by atoms with E-state index in [1.165, 1.54) is 0 Å². The molecule has 1 aromatic rings. The molecule has 0 aliphatic heterocycles. The van der Waals surface area contributed by atoms with Crippen molar-refractivity contribution in [3.63, 3.8) is 0 Å². The lowest BCUT2D eigenvalue weighted by Crippen LogP contribution is -2.00. The third-order valence-corrected chi connectivity index (χ3v) is 3.42. The molecule has 76 valence electrons. The number of ketones is 1. The van der Waals surface area contributed by atoms with Gasteiger partial charge < -0.3 is 0 Å². The summed E-state index contributed by atoms with van der Waals surface area (Å²) in [4.78, 5) is 11.6. The van der Waals surface area contributed by atoms with Crippen molar-refractivity contribution in [2.45, 2.75) is 11.8 Å².